The molecule has 0 aliphatic rings. The molecule has 0 aliphatic carbocycles. The van der Waals surface area contributed by atoms with Gasteiger partial charge in [-0.15, -0.1) is 0 Å². The summed E-state index contributed by atoms with van der Waals surface area (Å²) in [5, 5.41) is 19.9. The molecule has 5 N–H and O–H groups in total. The highest BCUT2D eigenvalue weighted by Crippen LogP contribution is 2.19. The van der Waals surface area contributed by atoms with Crippen molar-refractivity contribution in [3.05, 3.63) is 77.1 Å². The Bertz CT molecular complexity index is 1290. The van der Waals surface area contributed by atoms with Crippen LogP contribution in [0.1, 0.15) is 33.3 Å². The first-order chi connectivity index (χ1) is 14.8. The van der Waals surface area contributed by atoms with Gasteiger partial charge in [-0.05, 0) is 48.9 Å². The molecule has 158 valence electrons. The van der Waals surface area contributed by atoms with E-state index in [0.29, 0.717) is 24.5 Å². The van der Waals surface area contributed by atoms with Gasteiger partial charge < -0.3 is 25.3 Å². The number of nitrogens with zero attached hydrogens (tertiary/aromatic N) is 4. The van der Waals surface area contributed by atoms with Gasteiger partial charge >= 0.3 is 5.97 Å². The van der Waals surface area contributed by atoms with Crippen LogP contribution >= 0.6 is 0 Å². The lowest BCUT2D eigenvalue weighted by Crippen LogP contribution is -2.11. The number of hydrogen-bond donors (Lipinski definition) is 4. The van der Waals surface area contributed by atoms with E-state index in [-0.39, 0.29) is 11.5 Å². The van der Waals surface area contributed by atoms with Crippen molar-refractivity contribution in [2.45, 2.75) is 20.0 Å². The fourth-order valence-corrected chi connectivity index (χ4v) is 3.47. The molecule has 2 aromatic carbocycles. The largest absolute Gasteiger partial charge is 0.476 e. The van der Waals surface area contributed by atoms with E-state index in [0.717, 1.165) is 28.1 Å². The summed E-state index contributed by atoms with van der Waals surface area (Å²) < 4.78 is 3.86. The van der Waals surface area contributed by atoms with Crippen LogP contribution in [-0.4, -0.2) is 36.0 Å². The maximum absolute atomic E-state index is 11.1. The first-order valence-corrected chi connectivity index (χ1v) is 9.71. The molecule has 2 heterocycles. The number of nitrogen functional groups attached to an aromatic ring is 1. The van der Waals surface area contributed by atoms with Crippen molar-refractivity contribution in [3.8, 4) is 0 Å². The zero-order valence-electron chi connectivity index (χ0n) is 17.3. The van der Waals surface area contributed by atoms with Crippen molar-refractivity contribution in [1.29, 1.82) is 5.41 Å². The first kappa shape index (κ1) is 20.1. The molecule has 31 heavy (non-hydrogen) atoms. The molecule has 0 saturated heterocycles. The molecule has 0 fully saturated rings. The molecular weight excluding hydrogens is 394 g/mol. The van der Waals surface area contributed by atoms with Gasteiger partial charge in [0.1, 0.15) is 17.5 Å². The van der Waals surface area contributed by atoms with E-state index in [1.807, 2.05) is 46.5 Å². The third-order valence-electron chi connectivity index (χ3n) is 5.23. The van der Waals surface area contributed by atoms with Crippen molar-refractivity contribution >= 4 is 28.5 Å². The molecule has 0 atom stereocenters. The highest BCUT2D eigenvalue weighted by molar-refractivity contribution is 5.95. The average molecular weight is 417 g/mol. The number of carboxylic acid groups (broad SMARTS) is 1. The fraction of sp³-hybridized carbons (Fsp3) is 0.182. The molecule has 4 rings (SSSR count). The number of benzene rings is 2. The zero-order valence-corrected chi connectivity index (χ0v) is 17.3. The Morgan fingerprint density at radius 3 is 2.58 bits per heavy atom. The van der Waals surface area contributed by atoms with Gasteiger partial charge in [-0.25, -0.2) is 14.8 Å². The van der Waals surface area contributed by atoms with Crippen LogP contribution in [0.2, 0.25) is 0 Å². The van der Waals surface area contributed by atoms with Crippen LogP contribution in [0.4, 0.5) is 5.69 Å². The fourth-order valence-electron chi connectivity index (χ4n) is 3.47. The number of amidine groups is 1. The van der Waals surface area contributed by atoms with E-state index in [1.54, 1.807) is 25.3 Å². The van der Waals surface area contributed by atoms with E-state index in [2.05, 4.69) is 10.3 Å². The number of fused-ring (bicyclic) bond motifs is 1. The molecule has 0 spiro atoms. The predicted octanol–water partition coefficient (Wildman–Crippen LogP) is 2.72. The van der Waals surface area contributed by atoms with Crippen molar-refractivity contribution in [2.75, 3.05) is 5.32 Å². The molecular formula is C22H23N7O2. The summed E-state index contributed by atoms with van der Waals surface area (Å²) in [5.74, 6) is 0.548. The SMILES string of the molecule is Cc1nc(C(=O)O)cn1Cc1ccc2c(c1)nc(CNc1ccc(C(=N)N)cc1)n2C. The van der Waals surface area contributed by atoms with Gasteiger partial charge in [0, 0.05) is 31.0 Å². The third-order valence-corrected chi connectivity index (χ3v) is 5.23. The zero-order chi connectivity index (χ0) is 22.1. The topological polar surface area (TPSA) is 135 Å². The Labute approximate surface area is 178 Å². The molecule has 0 unspecified atom stereocenters. The summed E-state index contributed by atoms with van der Waals surface area (Å²) >= 11 is 0. The number of nitrogens with one attached hydrogen (secondary N) is 2. The van der Waals surface area contributed by atoms with Crippen molar-refractivity contribution in [1.82, 2.24) is 19.1 Å². The molecule has 4 aromatic rings. The molecule has 9 heteroatoms. The van der Waals surface area contributed by atoms with Crippen LogP contribution in [0, 0.1) is 12.3 Å². The number of nitrogens with two attached hydrogens (primary N) is 1. The van der Waals surface area contributed by atoms with E-state index < -0.39 is 5.97 Å². The second kappa shape index (κ2) is 7.94. The van der Waals surface area contributed by atoms with Crippen LogP contribution < -0.4 is 11.1 Å². The highest BCUT2D eigenvalue weighted by atomic mass is 16.4. The normalized spacial score (nSPS) is 11.0. The smallest absolute Gasteiger partial charge is 0.356 e. The van der Waals surface area contributed by atoms with Gasteiger partial charge in [0.05, 0.1) is 17.6 Å². The standard InChI is InChI=1S/C22H23N7O2/c1-13-26-18(22(30)31)12-29(13)11-14-3-8-19-17(9-14)27-20(28(19)2)10-25-16-6-4-15(5-7-16)21(23)24/h3-9,12,25H,10-11H2,1-2H3,(H3,23,24)(H,30,31). The van der Waals surface area contributed by atoms with Crippen molar-refractivity contribution < 1.29 is 9.90 Å². The number of carboxylic acids is 1. The maximum atomic E-state index is 11.1. The first-order valence-electron chi connectivity index (χ1n) is 9.71. The highest BCUT2D eigenvalue weighted by Gasteiger charge is 2.12. The van der Waals surface area contributed by atoms with Crippen LogP contribution in [-0.2, 0) is 20.1 Å². The predicted molar refractivity (Wildman–Crippen MR) is 119 cm³/mol. The number of anilines is 1. The summed E-state index contributed by atoms with van der Waals surface area (Å²) in [6.07, 6.45) is 1.55. The Morgan fingerprint density at radius 2 is 1.94 bits per heavy atom. The van der Waals surface area contributed by atoms with Crippen LogP contribution in [0.25, 0.3) is 11.0 Å². The Hall–Kier alpha value is -4.14. The van der Waals surface area contributed by atoms with Crippen LogP contribution in [0.5, 0.6) is 0 Å². The van der Waals surface area contributed by atoms with Crippen molar-refractivity contribution in [2.24, 2.45) is 12.8 Å². The Kier molecular flexibility index (Phi) is 5.16. The van der Waals surface area contributed by atoms with Crippen LogP contribution in [0.15, 0.2) is 48.7 Å². The van der Waals surface area contributed by atoms with Gasteiger partial charge in [-0.2, -0.15) is 0 Å². The lowest BCUT2D eigenvalue weighted by molar-refractivity contribution is 0.0691. The van der Waals surface area contributed by atoms with Gasteiger partial charge in [0.25, 0.3) is 0 Å². The molecule has 0 bridgehead atoms. The lowest BCUT2D eigenvalue weighted by Gasteiger charge is -2.07. The van der Waals surface area contributed by atoms with Gasteiger partial charge in [-0.3, -0.25) is 5.41 Å². The minimum absolute atomic E-state index is 0.0427. The molecule has 0 aliphatic heterocycles. The number of aryl methyl sites for hydroxylation is 2. The second-order valence-corrected chi connectivity index (χ2v) is 7.36. The molecule has 0 radical (unpaired) electrons. The Balaban J connectivity index is 1.52. The summed E-state index contributed by atoms with van der Waals surface area (Å²) in [7, 11) is 1.98. The summed E-state index contributed by atoms with van der Waals surface area (Å²) in [6, 6.07) is 13.4. The molecule has 9 nitrogen and oxygen atoms in total. The second-order valence-electron chi connectivity index (χ2n) is 7.36. The Morgan fingerprint density at radius 1 is 1.19 bits per heavy atom. The quantitative estimate of drug-likeness (QED) is 0.270. The number of hydrogen-bond acceptors (Lipinski definition) is 5. The minimum Gasteiger partial charge on any atom is -0.476 e. The van der Waals surface area contributed by atoms with Gasteiger partial charge in [0.15, 0.2) is 5.69 Å². The van der Waals surface area contributed by atoms with Gasteiger partial charge in [-0.1, -0.05) is 6.07 Å². The molecule has 2 aromatic heterocycles. The maximum Gasteiger partial charge on any atom is 0.356 e. The summed E-state index contributed by atoms with van der Waals surface area (Å²) in [5.41, 5.74) is 10.0. The number of rotatable bonds is 7. The van der Waals surface area contributed by atoms with E-state index in [1.165, 1.54) is 0 Å². The van der Waals surface area contributed by atoms with Gasteiger partial charge in [0.2, 0.25) is 0 Å². The number of aromatic carboxylic acids is 1. The summed E-state index contributed by atoms with van der Waals surface area (Å²) in [6.45, 7) is 2.86. The molecule has 0 saturated carbocycles. The number of imidazole rings is 2. The summed E-state index contributed by atoms with van der Waals surface area (Å²) in [4.78, 5) is 20.0. The average Bonchev–Trinajstić information content (AvgIpc) is 3.26. The molecule has 0 amide bonds. The number of carbonyl (C=O) groups is 1. The van der Waals surface area contributed by atoms with E-state index in [9.17, 15) is 4.79 Å². The third kappa shape index (κ3) is 4.11. The minimum atomic E-state index is -1.03. The van der Waals surface area contributed by atoms with E-state index >= 15 is 0 Å². The lowest BCUT2D eigenvalue weighted by atomic mass is 10.2. The number of aromatic nitrogens is 4. The van der Waals surface area contributed by atoms with Crippen LogP contribution in [0.3, 0.4) is 0 Å². The van der Waals surface area contributed by atoms with Crippen molar-refractivity contribution in [3.63, 3.8) is 0 Å². The van der Waals surface area contributed by atoms with E-state index in [4.69, 9.17) is 21.2 Å². The monoisotopic (exact) mass is 417 g/mol.